The molecule has 0 fully saturated rings. The van der Waals surface area contributed by atoms with Gasteiger partial charge in [0.05, 0.1) is 7.05 Å². The van der Waals surface area contributed by atoms with Crippen molar-refractivity contribution in [3.05, 3.63) is 82.9 Å². The summed E-state index contributed by atoms with van der Waals surface area (Å²) in [5.74, 6) is 2.65. The molecule has 0 amide bonds. The third-order valence-electron chi connectivity index (χ3n) is 4.09. The number of hydrogen-bond acceptors (Lipinski definition) is 2. The summed E-state index contributed by atoms with van der Waals surface area (Å²) in [5, 5.41) is 0.186. The lowest BCUT2D eigenvalue weighted by atomic mass is 10.1. The van der Waals surface area contributed by atoms with E-state index in [0.717, 1.165) is 22.4 Å². The topological polar surface area (TPSA) is 43.0 Å². The smallest absolute Gasteiger partial charge is 0.223 e. The SMILES string of the molecule is Cc1cc(C)c(-n2cc[n+](C)c2S(=O)(=O)[C]c2ccccc2)c(C)c1. The van der Waals surface area contributed by atoms with Gasteiger partial charge in [-0.2, -0.15) is 4.57 Å². The van der Waals surface area contributed by atoms with Gasteiger partial charge in [0.15, 0.2) is 5.75 Å². The summed E-state index contributed by atoms with van der Waals surface area (Å²) in [7, 11) is -2.02. The van der Waals surface area contributed by atoms with Crippen LogP contribution >= 0.6 is 0 Å². The zero-order valence-electron chi connectivity index (χ0n) is 14.8. The highest BCUT2D eigenvalue weighted by molar-refractivity contribution is 7.93. The molecule has 0 saturated carbocycles. The average molecular weight is 353 g/mol. The van der Waals surface area contributed by atoms with Crippen LogP contribution in [-0.2, 0) is 16.9 Å². The first kappa shape index (κ1) is 17.4. The predicted molar refractivity (Wildman–Crippen MR) is 97.1 cm³/mol. The number of imidazole rings is 1. The minimum atomic E-state index is -3.75. The van der Waals surface area contributed by atoms with Gasteiger partial charge in [0.2, 0.25) is 0 Å². The summed E-state index contributed by atoms with van der Waals surface area (Å²) in [4.78, 5) is 0. The molecule has 5 heteroatoms. The first-order chi connectivity index (χ1) is 11.8. The fraction of sp³-hybridized carbons (Fsp3) is 0.200. The van der Waals surface area contributed by atoms with Crippen molar-refractivity contribution in [1.29, 1.82) is 0 Å². The van der Waals surface area contributed by atoms with E-state index < -0.39 is 9.84 Å². The Hall–Kier alpha value is -2.40. The molecule has 0 bridgehead atoms. The molecule has 128 valence electrons. The Morgan fingerprint density at radius 1 is 1.00 bits per heavy atom. The van der Waals surface area contributed by atoms with Gasteiger partial charge in [0.25, 0.3) is 9.84 Å². The fourth-order valence-corrected chi connectivity index (χ4v) is 4.60. The largest absolute Gasteiger partial charge is 0.381 e. The van der Waals surface area contributed by atoms with Gasteiger partial charge < -0.3 is 0 Å². The van der Waals surface area contributed by atoms with E-state index in [0.29, 0.717) is 5.56 Å². The molecule has 1 heterocycles. The maximum Gasteiger partial charge on any atom is 0.381 e. The van der Waals surface area contributed by atoms with Crippen LogP contribution in [0.5, 0.6) is 0 Å². The second-order valence-electron chi connectivity index (χ2n) is 6.28. The van der Waals surface area contributed by atoms with Crippen LogP contribution in [0.15, 0.2) is 60.0 Å². The number of aryl methyl sites for hydroxylation is 4. The van der Waals surface area contributed by atoms with E-state index >= 15 is 0 Å². The lowest BCUT2D eigenvalue weighted by molar-refractivity contribution is -0.709. The molecule has 0 saturated heterocycles. The number of benzene rings is 2. The lowest BCUT2D eigenvalue weighted by Crippen LogP contribution is -2.34. The zero-order valence-corrected chi connectivity index (χ0v) is 15.6. The molecule has 0 atom stereocenters. The first-order valence-electron chi connectivity index (χ1n) is 8.02. The molecule has 0 N–H and O–H groups in total. The quantitative estimate of drug-likeness (QED) is 0.677. The molecule has 1 aromatic heterocycles. The second-order valence-corrected chi connectivity index (χ2v) is 7.86. The van der Waals surface area contributed by atoms with Gasteiger partial charge in [0.1, 0.15) is 18.1 Å². The van der Waals surface area contributed by atoms with Crippen LogP contribution in [0.25, 0.3) is 5.69 Å². The molecule has 2 aromatic carbocycles. The minimum absolute atomic E-state index is 0.186. The van der Waals surface area contributed by atoms with Gasteiger partial charge in [-0.1, -0.05) is 48.0 Å². The molecule has 25 heavy (non-hydrogen) atoms. The molecule has 0 aliphatic heterocycles. The number of nitrogens with zero attached hydrogens (tertiary/aromatic N) is 2. The van der Waals surface area contributed by atoms with Gasteiger partial charge in [-0.05, 0) is 37.5 Å². The van der Waals surface area contributed by atoms with Gasteiger partial charge in [-0.25, -0.2) is 13.0 Å². The van der Waals surface area contributed by atoms with Crippen molar-refractivity contribution in [2.45, 2.75) is 25.9 Å². The molecule has 4 nitrogen and oxygen atoms in total. The van der Waals surface area contributed by atoms with Crippen LogP contribution < -0.4 is 4.57 Å². The van der Waals surface area contributed by atoms with E-state index in [4.69, 9.17) is 0 Å². The van der Waals surface area contributed by atoms with Crippen molar-refractivity contribution in [3.63, 3.8) is 0 Å². The number of aromatic nitrogens is 2. The maximum atomic E-state index is 13.0. The van der Waals surface area contributed by atoms with Gasteiger partial charge >= 0.3 is 5.16 Å². The van der Waals surface area contributed by atoms with E-state index in [-0.39, 0.29) is 5.16 Å². The third kappa shape index (κ3) is 3.37. The summed E-state index contributed by atoms with van der Waals surface area (Å²) >= 11 is 0. The molecular formula is C20H21N2O2S+. The Morgan fingerprint density at radius 3 is 2.20 bits per heavy atom. The van der Waals surface area contributed by atoms with E-state index in [1.807, 2.05) is 26.8 Å². The monoisotopic (exact) mass is 353 g/mol. The highest BCUT2D eigenvalue weighted by Crippen LogP contribution is 2.25. The molecule has 0 unspecified atom stereocenters. The number of hydrogen-bond donors (Lipinski definition) is 0. The first-order valence-corrected chi connectivity index (χ1v) is 9.51. The molecule has 0 spiro atoms. The summed E-state index contributed by atoms with van der Waals surface area (Å²) in [5.41, 5.74) is 4.64. The van der Waals surface area contributed by atoms with Crippen LogP contribution in [0.4, 0.5) is 0 Å². The Bertz CT molecular complexity index is 996. The Morgan fingerprint density at radius 2 is 1.60 bits per heavy atom. The van der Waals surface area contributed by atoms with Crippen molar-refractivity contribution in [2.24, 2.45) is 7.05 Å². The summed E-state index contributed by atoms with van der Waals surface area (Å²) < 4.78 is 29.4. The highest BCUT2D eigenvalue weighted by atomic mass is 32.2. The van der Waals surface area contributed by atoms with Gasteiger partial charge in [-0.3, -0.25) is 0 Å². The Balaban J connectivity index is 2.15. The standard InChI is InChI=1S/C20H21N2O2S/c1-15-12-16(2)19(17(3)13-15)22-11-10-21(4)20(22)25(23,24)14-18-8-6-5-7-9-18/h5-13H,1-4H3/q+1. The predicted octanol–water partition coefficient (Wildman–Crippen LogP) is 3.09. The van der Waals surface area contributed by atoms with Crippen LogP contribution in [0, 0.1) is 26.5 Å². The number of rotatable bonds is 4. The molecule has 3 aromatic rings. The molecular weight excluding hydrogens is 332 g/mol. The van der Waals surface area contributed by atoms with Crippen LogP contribution in [-0.4, -0.2) is 13.0 Å². The Labute approximate surface area is 149 Å². The van der Waals surface area contributed by atoms with Crippen molar-refractivity contribution in [3.8, 4) is 5.69 Å². The number of sulfone groups is 1. The molecule has 3 rings (SSSR count). The van der Waals surface area contributed by atoms with Crippen molar-refractivity contribution >= 4 is 9.84 Å². The van der Waals surface area contributed by atoms with E-state index in [1.165, 1.54) is 0 Å². The Kier molecular flexibility index (Phi) is 4.52. The van der Waals surface area contributed by atoms with Crippen molar-refractivity contribution in [1.82, 2.24) is 4.57 Å². The normalized spacial score (nSPS) is 11.7. The summed E-state index contributed by atoms with van der Waals surface area (Å²) in [6.45, 7) is 6.03. The fourth-order valence-electron chi connectivity index (χ4n) is 3.21. The van der Waals surface area contributed by atoms with E-state index in [1.54, 1.807) is 52.8 Å². The van der Waals surface area contributed by atoms with Crippen molar-refractivity contribution < 1.29 is 13.0 Å². The molecule has 2 radical (unpaired) electrons. The van der Waals surface area contributed by atoms with Crippen LogP contribution in [0.3, 0.4) is 0 Å². The van der Waals surface area contributed by atoms with Crippen molar-refractivity contribution in [2.75, 3.05) is 0 Å². The van der Waals surface area contributed by atoms with Crippen LogP contribution in [0.2, 0.25) is 0 Å². The highest BCUT2D eigenvalue weighted by Gasteiger charge is 2.33. The third-order valence-corrected chi connectivity index (χ3v) is 5.56. The summed E-state index contributed by atoms with van der Waals surface area (Å²) in [6.07, 6.45) is 3.53. The molecule has 0 aliphatic rings. The summed E-state index contributed by atoms with van der Waals surface area (Å²) in [6, 6.07) is 13.0. The molecule has 0 aliphatic carbocycles. The van der Waals surface area contributed by atoms with E-state index in [2.05, 4.69) is 17.9 Å². The van der Waals surface area contributed by atoms with E-state index in [9.17, 15) is 8.42 Å². The maximum absolute atomic E-state index is 13.0. The minimum Gasteiger partial charge on any atom is -0.223 e. The van der Waals surface area contributed by atoms with Gasteiger partial charge in [0, 0.05) is 0 Å². The van der Waals surface area contributed by atoms with Gasteiger partial charge in [-0.15, -0.1) is 0 Å². The van der Waals surface area contributed by atoms with Crippen LogP contribution in [0.1, 0.15) is 22.3 Å². The second kappa shape index (κ2) is 6.48. The lowest BCUT2D eigenvalue weighted by Gasteiger charge is -2.10. The average Bonchev–Trinajstić information content (AvgIpc) is 2.89. The zero-order chi connectivity index (χ0) is 18.2.